The van der Waals surface area contributed by atoms with Crippen LogP contribution < -0.4 is 0 Å². The van der Waals surface area contributed by atoms with Gasteiger partial charge in [-0.15, -0.1) is 0 Å². The molecule has 132 valence electrons. The topological polar surface area (TPSA) is 43.8 Å². The fourth-order valence-electron chi connectivity index (χ4n) is 3.27. The minimum atomic E-state index is -1.21. The van der Waals surface area contributed by atoms with Crippen LogP contribution in [0.2, 0.25) is 5.02 Å². The fourth-order valence-corrected chi connectivity index (χ4v) is 3.55. The van der Waals surface area contributed by atoms with Gasteiger partial charge in [0.1, 0.15) is 0 Å². The first-order valence-corrected chi connectivity index (χ1v) is 8.75. The Kier molecular flexibility index (Phi) is 4.76. The highest BCUT2D eigenvalue weighted by Crippen LogP contribution is 2.30. The third kappa shape index (κ3) is 3.51. The lowest BCUT2D eigenvalue weighted by molar-refractivity contribution is -0.0438. The fraction of sp³-hybridized carbons (Fsp3) is 0.350. The molecular weight excluding hydrogens is 336 g/mol. The van der Waals surface area contributed by atoms with Gasteiger partial charge in [-0.05, 0) is 49.1 Å². The van der Waals surface area contributed by atoms with Crippen molar-refractivity contribution in [2.75, 3.05) is 6.54 Å². The molecule has 1 unspecified atom stereocenters. The van der Waals surface area contributed by atoms with Crippen LogP contribution in [0, 0.1) is 13.8 Å². The molecule has 2 aromatic carbocycles. The standard InChI is InChI=1S/C20H23ClN2O2/c1-14-7-4-5-9-16(14)11-23-19(24)22(13-20(23,3)25)12-17-15(2)8-6-10-18(17)21/h4-10,25H,11-13H2,1-3H3. The van der Waals surface area contributed by atoms with Gasteiger partial charge in [0.25, 0.3) is 0 Å². The number of β-amino-alcohol motifs (C(OH)–C–C–N with tert-alkyl or cyclic N) is 1. The Morgan fingerprint density at radius 3 is 2.44 bits per heavy atom. The number of hydrogen-bond donors (Lipinski definition) is 1. The molecule has 1 fully saturated rings. The first-order valence-electron chi connectivity index (χ1n) is 8.37. The summed E-state index contributed by atoms with van der Waals surface area (Å²) in [5.41, 5.74) is 2.89. The van der Waals surface area contributed by atoms with Gasteiger partial charge in [-0.3, -0.25) is 4.90 Å². The number of carbonyl (C=O) groups is 1. The number of benzene rings is 2. The molecule has 5 heteroatoms. The first kappa shape index (κ1) is 17.8. The molecule has 1 heterocycles. The van der Waals surface area contributed by atoms with E-state index in [4.69, 9.17) is 11.6 Å². The second-order valence-electron chi connectivity index (χ2n) is 6.90. The van der Waals surface area contributed by atoms with Gasteiger partial charge in [0.2, 0.25) is 0 Å². The maximum atomic E-state index is 12.9. The van der Waals surface area contributed by atoms with E-state index in [-0.39, 0.29) is 12.6 Å². The van der Waals surface area contributed by atoms with Gasteiger partial charge in [-0.2, -0.15) is 0 Å². The number of halogens is 1. The highest BCUT2D eigenvalue weighted by atomic mass is 35.5. The van der Waals surface area contributed by atoms with E-state index in [9.17, 15) is 9.90 Å². The van der Waals surface area contributed by atoms with Crippen LogP contribution in [0.4, 0.5) is 4.79 Å². The van der Waals surface area contributed by atoms with E-state index in [0.29, 0.717) is 18.1 Å². The maximum absolute atomic E-state index is 12.9. The first-order chi connectivity index (χ1) is 11.8. The van der Waals surface area contributed by atoms with Crippen LogP contribution in [0.5, 0.6) is 0 Å². The van der Waals surface area contributed by atoms with E-state index in [1.165, 1.54) is 4.90 Å². The molecule has 2 aromatic rings. The van der Waals surface area contributed by atoms with Crippen molar-refractivity contribution < 1.29 is 9.90 Å². The molecule has 25 heavy (non-hydrogen) atoms. The number of amides is 2. The van der Waals surface area contributed by atoms with Crippen LogP contribution in [-0.2, 0) is 13.1 Å². The van der Waals surface area contributed by atoms with E-state index in [2.05, 4.69) is 0 Å². The molecule has 0 bridgehead atoms. The van der Waals surface area contributed by atoms with Crippen LogP contribution in [0.25, 0.3) is 0 Å². The lowest BCUT2D eigenvalue weighted by Crippen LogP contribution is -2.43. The molecule has 0 spiro atoms. The van der Waals surface area contributed by atoms with Crippen LogP contribution in [0.1, 0.15) is 29.2 Å². The second-order valence-corrected chi connectivity index (χ2v) is 7.31. The van der Waals surface area contributed by atoms with Crippen molar-refractivity contribution in [3.8, 4) is 0 Å². The molecule has 4 nitrogen and oxygen atoms in total. The van der Waals surface area contributed by atoms with E-state index < -0.39 is 5.72 Å². The zero-order valence-electron chi connectivity index (χ0n) is 14.8. The number of aliphatic hydroxyl groups is 1. The molecule has 0 saturated carbocycles. The van der Waals surface area contributed by atoms with Gasteiger partial charge in [0.05, 0.1) is 13.1 Å². The summed E-state index contributed by atoms with van der Waals surface area (Å²) in [5.74, 6) is 0. The zero-order chi connectivity index (χ0) is 18.2. The average molecular weight is 359 g/mol. The summed E-state index contributed by atoms with van der Waals surface area (Å²) in [7, 11) is 0. The molecular formula is C20H23ClN2O2. The van der Waals surface area contributed by atoms with Crippen LogP contribution in [0.3, 0.4) is 0 Å². The maximum Gasteiger partial charge on any atom is 0.323 e. The summed E-state index contributed by atoms with van der Waals surface area (Å²) in [6.45, 7) is 6.70. The number of urea groups is 1. The third-order valence-electron chi connectivity index (χ3n) is 4.87. The van der Waals surface area contributed by atoms with E-state index in [1.807, 2.05) is 56.3 Å². The number of rotatable bonds is 4. The largest absolute Gasteiger partial charge is 0.369 e. The van der Waals surface area contributed by atoms with Gasteiger partial charge in [0, 0.05) is 11.6 Å². The number of aryl methyl sites for hydroxylation is 2. The van der Waals surface area contributed by atoms with Crippen molar-refractivity contribution in [2.24, 2.45) is 0 Å². The highest BCUT2D eigenvalue weighted by Gasteiger charge is 2.45. The normalized spacial score (nSPS) is 20.4. The van der Waals surface area contributed by atoms with Gasteiger partial charge in [-0.25, -0.2) is 4.79 Å². The van der Waals surface area contributed by atoms with Gasteiger partial charge < -0.3 is 10.0 Å². The van der Waals surface area contributed by atoms with Crippen molar-refractivity contribution in [3.63, 3.8) is 0 Å². The molecule has 3 rings (SSSR count). The van der Waals surface area contributed by atoms with Gasteiger partial charge >= 0.3 is 6.03 Å². The predicted octanol–water partition coefficient (Wildman–Crippen LogP) is 4.10. The van der Waals surface area contributed by atoms with Crippen LogP contribution in [-0.4, -0.2) is 33.2 Å². The predicted molar refractivity (Wildman–Crippen MR) is 99.3 cm³/mol. The Hall–Kier alpha value is -2.04. The number of nitrogens with zero attached hydrogens (tertiary/aromatic N) is 2. The van der Waals surface area contributed by atoms with E-state index >= 15 is 0 Å². The summed E-state index contributed by atoms with van der Waals surface area (Å²) in [6.07, 6.45) is 0. The monoisotopic (exact) mass is 358 g/mol. The highest BCUT2D eigenvalue weighted by molar-refractivity contribution is 6.31. The Morgan fingerprint density at radius 2 is 1.76 bits per heavy atom. The van der Waals surface area contributed by atoms with Crippen LogP contribution >= 0.6 is 11.6 Å². The van der Waals surface area contributed by atoms with E-state index in [0.717, 1.165) is 22.3 Å². The molecule has 1 saturated heterocycles. The lowest BCUT2D eigenvalue weighted by atomic mass is 10.1. The smallest absolute Gasteiger partial charge is 0.323 e. The molecule has 1 aliphatic heterocycles. The zero-order valence-corrected chi connectivity index (χ0v) is 15.5. The minimum absolute atomic E-state index is 0.174. The minimum Gasteiger partial charge on any atom is -0.369 e. The number of hydrogen-bond acceptors (Lipinski definition) is 2. The molecule has 1 atom stereocenters. The Labute approximate surface area is 153 Å². The molecule has 1 N–H and O–H groups in total. The summed E-state index contributed by atoms with van der Waals surface area (Å²) in [4.78, 5) is 16.1. The van der Waals surface area contributed by atoms with Crippen molar-refractivity contribution in [1.82, 2.24) is 9.80 Å². The lowest BCUT2D eigenvalue weighted by Gasteiger charge is -2.28. The van der Waals surface area contributed by atoms with Crippen LogP contribution in [0.15, 0.2) is 42.5 Å². The van der Waals surface area contributed by atoms with Gasteiger partial charge in [0.15, 0.2) is 5.72 Å². The van der Waals surface area contributed by atoms with E-state index in [1.54, 1.807) is 11.8 Å². The molecule has 0 radical (unpaired) electrons. The average Bonchev–Trinajstić information content (AvgIpc) is 2.76. The van der Waals surface area contributed by atoms with Crippen molar-refractivity contribution in [3.05, 3.63) is 69.7 Å². The second kappa shape index (κ2) is 6.70. The Balaban J connectivity index is 1.83. The number of carbonyl (C=O) groups excluding carboxylic acids is 1. The van der Waals surface area contributed by atoms with Crippen molar-refractivity contribution >= 4 is 17.6 Å². The molecule has 1 aliphatic rings. The molecule has 0 aliphatic carbocycles. The summed E-state index contributed by atoms with van der Waals surface area (Å²) >= 11 is 6.30. The Bertz CT molecular complexity index is 784. The summed E-state index contributed by atoms with van der Waals surface area (Å²) < 4.78 is 0. The SMILES string of the molecule is Cc1ccccc1CN1C(=O)N(Cc2c(C)cccc2Cl)CC1(C)O. The molecule has 2 amide bonds. The molecule has 0 aromatic heterocycles. The van der Waals surface area contributed by atoms with Gasteiger partial charge in [-0.1, -0.05) is 48.0 Å². The Morgan fingerprint density at radius 1 is 1.08 bits per heavy atom. The summed E-state index contributed by atoms with van der Waals surface area (Å²) in [6, 6.07) is 13.4. The van der Waals surface area contributed by atoms with Crippen molar-refractivity contribution in [2.45, 2.75) is 39.6 Å². The quantitative estimate of drug-likeness (QED) is 0.894. The van der Waals surface area contributed by atoms with Crippen molar-refractivity contribution in [1.29, 1.82) is 0 Å². The third-order valence-corrected chi connectivity index (χ3v) is 5.22. The summed E-state index contributed by atoms with van der Waals surface area (Å²) in [5, 5.41) is 11.4.